The molecular weight excluding hydrogens is 218 g/mol. The lowest BCUT2D eigenvalue weighted by Crippen LogP contribution is -2.73. The van der Waals surface area contributed by atoms with E-state index in [1.54, 1.807) is 0 Å². The third-order valence-electron chi connectivity index (χ3n) is 1.97. The Labute approximate surface area is 103 Å². The summed E-state index contributed by atoms with van der Waals surface area (Å²) in [5.41, 5.74) is 0. The molecule has 0 saturated carbocycles. The summed E-state index contributed by atoms with van der Waals surface area (Å²) in [5, 5.41) is 10.6. The van der Waals surface area contributed by atoms with Gasteiger partial charge in [0, 0.05) is 18.1 Å². The molecular formula is C11H29N3OSi. The van der Waals surface area contributed by atoms with E-state index in [0.29, 0.717) is 24.7 Å². The first-order valence-electron chi connectivity index (χ1n) is 6.13. The van der Waals surface area contributed by atoms with Gasteiger partial charge in [-0.3, -0.25) is 16.0 Å². The summed E-state index contributed by atoms with van der Waals surface area (Å²) in [5.74, 6) is -0.321. The zero-order valence-electron chi connectivity index (χ0n) is 11.8. The molecule has 0 spiro atoms. The zero-order chi connectivity index (χ0) is 12.8. The minimum Gasteiger partial charge on any atom is -0.423 e. The van der Waals surface area contributed by atoms with Crippen LogP contribution in [0.15, 0.2) is 0 Å². The molecule has 0 bridgehead atoms. The molecule has 16 heavy (non-hydrogen) atoms. The Morgan fingerprint density at radius 1 is 0.875 bits per heavy atom. The Kier molecular flexibility index (Phi) is 7.42. The van der Waals surface area contributed by atoms with Gasteiger partial charge in [-0.05, 0) is 41.5 Å². The molecule has 0 unspecified atom stereocenters. The van der Waals surface area contributed by atoms with E-state index < -0.39 is 0 Å². The normalized spacial score (nSPS) is 13.3. The van der Waals surface area contributed by atoms with E-state index in [0.717, 1.165) is 10.5 Å². The van der Waals surface area contributed by atoms with E-state index >= 15 is 0 Å². The highest BCUT2D eigenvalue weighted by atomic mass is 28.2. The van der Waals surface area contributed by atoms with Crippen molar-refractivity contribution in [3.8, 4) is 0 Å². The summed E-state index contributed by atoms with van der Waals surface area (Å²) in [6, 6.07) is 1.19. The molecule has 0 aliphatic rings. The van der Waals surface area contributed by atoms with Gasteiger partial charge in [-0.2, -0.15) is 0 Å². The molecule has 0 aromatic carbocycles. The fourth-order valence-electron chi connectivity index (χ4n) is 1.94. The van der Waals surface area contributed by atoms with Crippen LogP contribution in [0.3, 0.4) is 0 Å². The summed E-state index contributed by atoms with van der Waals surface area (Å²) in [4.78, 5) is 0. The third-order valence-corrected chi connectivity index (χ3v) is 2.25. The zero-order valence-corrected chi connectivity index (χ0v) is 13.8. The fourth-order valence-corrected chi connectivity index (χ4v) is 2.38. The lowest BCUT2D eigenvalue weighted by molar-refractivity contribution is 0.0883. The van der Waals surface area contributed by atoms with Gasteiger partial charge >= 0.3 is 0 Å². The molecule has 3 N–H and O–H groups in total. The summed E-state index contributed by atoms with van der Waals surface area (Å²) in [7, 11) is 0.751. The largest absolute Gasteiger partial charge is 0.423 e. The number of hydrogen-bond donors (Lipinski definition) is 3. The first-order chi connectivity index (χ1) is 7.31. The molecule has 0 radical (unpaired) electrons. The van der Waals surface area contributed by atoms with Gasteiger partial charge in [0.25, 0.3) is 0 Å². The second-order valence-electron chi connectivity index (χ2n) is 5.24. The Hall–Kier alpha value is 0.0569. The highest BCUT2D eigenvalue weighted by molar-refractivity contribution is 5.97. The molecule has 0 rings (SSSR count). The van der Waals surface area contributed by atoms with Crippen molar-refractivity contribution in [2.75, 3.05) is 6.61 Å². The van der Waals surface area contributed by atoms with E-state index in [4.69, 9.17) is 4.43 Å². The molecule has 4 nitrogen and oxygen atoms in total. The van der Waals surface area contributed by atoms with E-state index in [1.807, 2.05) is 0 Å². The predicted molar refractivity (Wildman–Crippen MR) is 73.4 cm³/mol. The first kappa shape index (κ1) is 16.1. The van der Waals surface area contributed by atoms with Crippen LogP contribution in [0.25, 0.3) is 0 Å². The van der Waals surface area contributed by atoms with E-state index in [2.05, 4.69) is 57.5 Å². The second kappa shape index (κ2) is 7.40. The average molecular weight is 247 g/mol. The topological polar surface area (TPSA) is 45.3 Å². The molecule has 0 saturated heterocycles. The van der Waals surface area contributed by atoms with Gasteiger partial charge in [0.1, 0.15) is 16.3 Å². The molecule has 0 aliphatic heterocycles. The summed E-state index contributed by atoms with van der Waals surface area (Å²) < 4.78 is 5.46. The van der Waals surface area contributed by atoms with Crippen molar-refractivity contribution in [3.63, 3.8) is 0 Å². The number of hydrogen-bond acceptors (Lipinski definition) is 4. The molecule has 0 fully saturated rings. The van der Waals surface area contributed by atoms with Crippen LogP contribution in [0.2, 0.25) is 0 Å². The van der Waals surface area contributed by atoms with Crippen LogP contribution in [0.5, 0.6) is 0 Å². The fraction of sp³-hybridized carbons (Fsp3) is 1.00. The quantitative estimate of drug-likeness (QED) is 0.415. The molecule has 0 aliphatic carbocycles. The van der Waals surface area contributed by atoms with Crippen molar-refractivity contribution in [1.29, 1.82) is 0 Å². The van der Waals surface area contributed by atoms with Crippen LogP contribution in [0.1, 0.15) is 41.5 Å². The molecule has 0 aromatic rings. The minimum atomic E-state index is -0.321. The van der Waals surface area contributed by atoms with Gasteiger partial charge in [0.05, 0.1) is 6.61 Å². The lowest BCUT2D eigenvalue weighted by atomic mass is 10.2. The van der Waals surface area contributed by atoms with Gasteiger partial charge in [-0.1, -0.05) is 0 Å². The van der Waals surface area contributed by atoms with Crippen molar-refractivity contribution in [3.05, 3.63) is 0 Å². The second-order valence-corrected chi connectivity index (χ2v) is 5.81. The number of rotatable bonds is 8. The SMILES string of the molecule is CC(C)NC(CO[SiH3])(NC(C)C)NC(C)C. The molecule has 0 heterocycles. The van der Waals surface area contributed by atoms with Crippen molar-refractivity contribution >= 4 is 10.5 Å². The van der Waals surface area contributed by atoms with Crippen LogP contribution in [0, 0.1) is 0 Å². The Morgan fingerprint density at radius 2 is 1.19 bits per heavy atom. The van der Waals surface area contributed by atoms with Gasteiger partial charge in [-0.25, -0.2) is 0 Å². The Morgan fingerprint density at radius 3 is 1.38 bits per heavy atom. The van der Waals surface area contributed by atoms with Crippen molar-refractivity contribution < 1.29 is 4.43 Å². The van der Waals surface area contributed by atoms with Crippen LogP contribution < -0.4 is 16.0 Å². The van der Waals surface area contributed by atoms with E-state index in [-0.39, 0.29) is 5.79 Å². The maximum Gasteiger partial charge on any atom is 0.147 e. The van der Waals surface area contributed by atoms with Crippen LogP contribution >= 0.6 is 0 Å². The Bertz CT molecular complexity index is 160. The minimum absolute atomic E-state index is 0.321. The van der Waals surface area contributed by atoms with Crippen molar-refractivity contribution in [1.82, 2.24) is 16.0 Å². The standard InChI is InChI=1S/C11H29N3OSi/c1-8(2)12-11(7-15-16,13-9(3)4)14-10(5)6/h8-10,12-14H,7H2,1-6,16H3. The third kappa shape index (κ3) is 6.60. The van der Waals surface area contributed by atoms with Crippen molar-refractivity contribution in [2.45, 2.75) is 65.5 Å². The smallest absolute Gasteiger partial charge is 0.147 e. The summed E-state index contributed by atoms with van der Waals surface area (Å²) in [6.07, 6.45) is 0. The summed E-state index contributed by atoms with van der Waals surface area (Å²) in [6.45, 7) is 13.5. The lowest BCUT2D eigenvalue weighted by Gasteiger charge is -2.41. The first-order valence-corrected chi connectivity index (χ1v) is 6.95. The monoisotopic (exact) mass is 247 g/mol. The molecule has 98 valence electrons. The average Bonchev–Trinajstić information content (AvgIpc) is 1.98. The summed E-state index contributed by atoms with van der Waals surface area (Å²) >= 11 is 0. The number of nitrogens with one attached hydrogen (secondary N) is 3. The van der Waals surface area contributed by atoms with Gasteiger partial charge in [0.15, 0.2) is 0 Å². The maximum atomic E-state index is 5.46. The van der Waals surface area contributed by atoms with Crippen LogP contribution in [-0.4, -0.2) is 41.0 Å². The van der Waals surface area contributed by atoms with E-state index in [1.165, 1.54) is 0 Å². The molecule has 0 atom stereocenters. The molecule has 0 aromatic heterocycles. The van der Waals surface area contributed by atoms with Gasteiger partial charge in [-0.15, -0.1) is 0 Å². The highest BCUT2D eigenvalue weighted by Crippen LogP contribution is 2.03. The molecule has 0 amide bonds. The molecule has 5 heteroatoms. The van der Waals surface area contributed by atoms with Crippen LogP contribution in [0.4, 0.5) is 0 Å². The maximum absolute atomic E-state index is 5.46. The van der Waals surface area contributed by atoms with Crippen molar-refractivity contribution in [2.24, 2.45) is 0 Å². The van der Waals surface area contributed by atoms with Gasteiger partial charge < -0.3 is 4.43 Å². The highest BCUT2D eigenvalue weighted by Gasteiger charge is 2.31. The van der Waals surface area contributed by atoms with Crippen LogP contribution in [-0.2, 0) is 4.43 Å². The van der Waals surface area contributed by atoms with Gasteiger partial charge in [0.2, 0.25) is 0 Å². The van der Waals surface area contributed by atoms with E-state index in [9.17, 15) is 0 Å². The predicted octanol–water partition coefficient (Wildman–Crippen LogP) is -0.0688. The Balaban J connectivity index is 4.72.